The second-order valence-electron chi connectivity index (χ2n) is 6.62. The van der Waals surface area contributed by atoms with Gasteiger partial charge >= 0.3 is 0 Å². The summed E-state index contributed by atoms with van der Waals surface area (Å²) in [6.45, 7) is 6.46. The molecule has 2 aliphatic rings. The number of hydrogen-bond donors (Lipinski definition) is 0. The van der Waals surface area contributed by atoms with Crippen LogP contribution in [0.2, 0.25) is 0 Å². The van der Waals surface area contributed by atoms with E-state index in [1.165, 1.54) is 12.8 Å². The van der Waals surface area contributed by atoms with Crippen molar-refractivity contribution in [3.63, 3.8) is 0 Å². The van der Waals surface area contributed by atoms with E-state index in [0.717, 1.165) is 44.0 Å². The van der Waals surface area contributed by atoms with Gasteiger partial charge in [-0.1, -0.05) is 31.9 Å². The summed E-state index contributed by atoms with van der Waals surface area (Å²) in [5.74, 6) is 1.84. The smallest absolute Gasteiger partial charge is 0.236 e. The molecule has 24 heavy (non-hydrogen) atoms. The highest BCUT2D eigenvalue weighted by molar-refractivity contribution is 5.78. The first-order valence-electron chi connectivity index (χ1n) is 9.15. The minimum absolute atomic E-state index is 0.0308. The molecule has 0 bridgehead atoms. The quantitative estimate of drug-likeness (QED) is 0.831. The molecular formula is C19H28N2O3. The number of carbonyl (C=O) groups is 1. The standard InChI is InChI=1S/C19H28N2O3/c1-2-20(14-19(22)21-11-7-3-4-8-12-21)13-16-15-23-17-9-5-6-10-18(17)24-16/h5-6,9-10,16H,2-4,7-8,11-15H2,1H3. The fourth-order valence-electron chi connectivity index (χ4n) is 3.36. The van der Waals surface area contributed by atoms with Crippen LogP contribution >= 0.6 is 0 Å². The Kier molecular flexibility index (Phi) is 5.96. The lowest BCUT2D eigenvalue weighted by Gasteiger charge is -2.31. The van der Waals surface area contributed by atoms with E-state index >= 15 is 0 Å². The van der Waals surface area contributed by atoms with Crippen molar-refractivity contribution in [1.29, 1.82) is 0 Å². The molecule has 1 amide bonds. The summed E-state index contributed by atoms with van der Waals surface area (Å²) in [5.41, 5.74) is 0. The third-order valence-corrected chi connectivity index (χ3v) is 4.79. The zero-order chi connectivity index (χ0) is 16.8. The zero-order valence-corrected chi connectivity index (χ0v) is 14.6. The van der Waals surface area contributed by atoms with Gasteiger partial charge in [0.2, 0.25) is 5.91 Å². The molecule has 1 saturated heterocycles. The maximum atomic E-state index is 12.6. The van der Waals surface area contributed by atoms with Gasteiger partial charge in [-0.2, -0.15) is 0 Å². The second-order valence-corrected chi connectivity index (χ2v) is 6.62. The third-order valence-electron chi connectivity index (χ3n) is 4.79. The van der Waals surface area contributed by atoms with E-state index in [1.807, 2.05) is 29.2 Å². The Morgan fingerprint density at radius 2 is 1.88 bits per heavy atom. The van der Waals surface area contributed by atoms with Crippen molar-refractivity contribution in [3.8, 4) is 11.5 Å². The summed E-state index contributed by atoms with van der Waals surface area (Å²) in [5, 5.41) is 0. The number of likely N-dealkylation sites (N-methyl/N-ethyl adjacent to an activating group) is 1. The predicted molar refractivity (Wildman–Crippen MR) is 93.5 cm³/mol. The van der Waals surface area contributed by atoms with Crippen LogP contribution in [0.3, 0.4) is 0 Å². The molecule has 2 heterocycles. The summed E-state index contributed by atoms with van der Waals surface area (Å²) in [6, 6.07) is 7.75. The van der Waals surface area contributed by atoms with E-state index in [4.69, 9.17) is 9.47 Å². The van der Waals surface area contributed by atoms with Gasteiger partial charge in [-0.05, 0) is 31.5 Å². The van der Waals surface area contributed by atoms with Crippen LogP contribution in [0, 0.1) is 0 Å². The first-order valence-corrected chi connectivity index (χ1v) is 9.15. The van der Waals surface area contributed by atoms with E-state index in [1.54, 1.807) is 0 Å². The van der Waals surface area contributed by atoms with Crippen LogP contribution in [-0.2, 0) is 4.79 Å². The number of fused-ring (bicyclic) bond motifs is 1. The van der Waals surface area contributed by atoms with Crippen LogP contribution in [0.15, 0.2) is 24.3 Å². The first-order chi connectivity index (χ1) is 11.8. The molecule has 5 nitrogen and oxygen atoms in total. The topological polar surface area (TPSA) is 42.0 Å². The number of rotatable bonds is 5. The van der Waals surface area contributed by atoms with E-state index in [9.17, 15) is 4.79 Å². The maximum Gasteiger partial charge on any atom is 0.236 e. The van der Waals surface area contributed by atoms with Gasteiger partial charge in [0.05, 0.1) is 6.54 Å². The number of benzene rings is 1. The molecule has 0 aliphatic carbocycles. The average molecular weight is 332 g/mol. The fraction of sp³-hybridized carbons (Fsp3) is 0.632. The van der Waals surface area contributed by atoms with Crippen molar-refractivity contribution in [1.82, 2.24) is 9.80 Å². The zero-order valence-electron chi connectivity index (χ0n) is 14.6. The number of likely N-dealkylation sites (tertiary alicyclic amines) is 1. The molecule has 132 valence electrons. The van der Waals surface area contributed by atoms with Crippen molar-refractivity contribution in [2.75, 3.05) is 39.3 Å². The summed E-state index contributed by atoms with van der Waals surface area (Å²) >= 11 is 0. The van der Waals surface area contributed by atoms with E-state index in [0.29, 0.717) is 19.7 Å². The monoisotopic (exact) mass is 332 g/mol. The van der Waals surface area contributed by atoms with Gasteiger partial charge < -0.3 is 14.4 Å². The van der Waals surface area contributed by atoms with Crippen molar-refractivity contribution in [2.24, 2.45) is 0 Å². The predicted octanol–water partition coefficient (Wildman–Crippen LogP) is 2.55. The van der Waals surface area contributed by atoms with E-state index in [-0.39, 0.29) is 12.0 Å². The Hall–Kier alpha value is -1.75. The number of hydrogen-bond acceptors (Lipinski definition) is 4. The van der Waals surface area contributed by atoms with E-state index in [2.05, 4.69) is 11.8 Å². The largest absolute Gasteiger partial charge is 0.486 e. The summed E-state index contributed by atoms with van der Waals surface area (Å²) in [4.78, 5) is 16.8. The summed E-state index contributed by atoms with van der Waals surface area (Å²) in [6.07, 6.45) is 4.72. The molecule has 2 aliphatic heterocycles. The van der Waals surface area contributed by atoms with Crippen LogP contribution in [-0.4, -0.2) is 61.1 Å². The molecule has 0 radical (unpaired) electrons. The van der Waals surface area contributed by atoms with Gasteiger partial charge in [-0.3, -0.25) is 9.69 Å². The number of carbonyl (C=O) groups excluding carboxylic acids is 1. The molecule has 1 atom stereocenters. The highest BCUT2D eigenvalue weighted by Crippen LogP contribution is 2.31. The van der Waals surface area contributed by atoms with Crippen LogP contribution in [0.4, 0.5) is 0 Å². The highest BCUT2D eigenvalue weighted by Gasteiger charge is 2.25. The SMILES string of the molecule is CCN(CC(=O)N1CCCCCC1)CC1COc2ccccc2O1. The second kappa shape index (κ2) is 8.38. The van der Waals surface area contributed by atoms with Gasteiger partial charge in [0, 0.05) is 19.6 Å². The molecule has 0 aromatic heterocycles. The Morgan fingerprint density at radius 1 is 1.17 bits per heavy atom. The lowest BCUT2D eigenvalue weighted by Crippen LogP contribution is -2.46. The number of ether oxygens (including phenoxy) is 2. The Labute approximate surface area is 144 Å². The van der Waals surface area contributed by atoms with Gasteiger partial charge in [-0.25, -0.2) is 0 Å². The molecule has 1 aromatic rings. The Balaban J connectivity index is 1.52. The van der Waals surface area contributed by atoms with Crippen LogP contribution in [0.5, 0.6) is 11.5 Å². The fourth-order valence-corrected chi connectivity index (χ4v) is 3.36. The molecule has 0 N–H and O–H groups in total. The average Bonchev–Trinajstić information content (AvgIpc) is 2.90. The van der Waals surface area contributed by atoms with Gasteiger partial charge in [0.25, 0.3) is 0 Å². The van der Waals surface area contributed by atoms with Gasteiger partial charge in [0.15, 0.2) is 11.5 Å². The van der Waals surface area contributed by atoms with Gasteiger partial charge in [0.1, 0.15) is 12.7 Å². The molecular weight excluding hydrogens is 304 g/mol. The van der Waals surface area contributed by atoms with Crippen LogP contribution in [0.25, 0.3) is 0 Å². The number of nitrogens with zero attached hydrogens (tertiary/aromatic N) is 2. The van der Waals surface area contributed by atoms with Crippen molar-refractivity contribution >= 4 is 5.91 Å². The maximum absolute atomic E-state index is 12.6. The normalized spacial score (nSPS) is 20.8. The third kappa shape index (κ3) is 4.41. The molecule has 0 spiro atoms. The molecule has 1 unspecified atom stereocenters. The molecule has 1 aromatic carbocycles. The number of para-hydroxylation sites is 2. The molecule has 0 saturated carbocycles. The minimum atomic E-state index is -0.0308. The van der Waals surface area contributed by atoms with Crippen molar-refractivity contribution < 1.29 is 14.3 Å². The van der Waals surface area contributed by atoms with E-state index < -0.39 is 0 Å². The lowest BCUT2D eigenvalue weighted by atomic mass is 10.2. The molecule has 5 heteroatoms. The van der Waals surface area contributed by atoms with Crippen molar-refractivity contribution in [3.05, 3.63) is 24.3 Å². The van der Waals surface area contributed by atoms with Gasteiger partial charge in [-0.15, -0.1) is 0 Å². The van der Waals surface area contributed by atoms with Crippen LogP contribution in [0.1, 0.15) is 32.6 Å². The number of amides is 1. The first kappa shape index (κ1) is 17.1. The highest BCUT2D eigenvalue weighted by atomic mass is 16.6. The van der Waals surface area contributed by atoms with Crippen molar-refractivity contribution in [2.45, 2.75) is 38.7 Å². The minimum Gasteiger partial charge on any atom is -0.486 e. The molecule has 3 rings (SSSR count). The lowest BCUT2D eigenvalue weighted by molar-refractivity contribution is -0.132. The molecule has 1 fully saturated rings. The summed E-state index contributed by atoms with van der Waals surface area (Å²) in [7, 11) is 0. The summed E-state index contributed by atoms with van der Waals surface area (Å²) < 4.78 is 11.8. The Morgan fingerprint density at radius 3 is 2.58 bits per heavy atom. The van der Waals surface area contributed by atoms with Crippen LogP contribution < -0.4 is 9.47 Å². The Bertz CT molecular complexity index is 541.